The molecule has 0 amide bonds. The number of hydrogen-bond donors (Lipinski definition) is 0. The first kappa shape index (κ1) is 21.2. The van der Waals surface area contributed by atoms with E-state index in [0.29, 0.717) is 0 Å². The lowest BCUT2D eigenvalue weighted by molar-refractivity contribution is 0.414. The van der Waals surface area contributed by atoms with Crippen LogP contribution in [0, 0.1) is 0 Å². The van der Waals surface area contributed by atoms with Crippen molar-refractivity contribution in [2.24, 2.45) is 0 Å². The van der Waals surface area contributed by atoms with Gasteiger partial charge in [-0.3, -0.25) is 0 Å². The minimum absolute atomic E-state index is 0.264. The largest absolute Gasteiger partial charge is 0.497 e. The second-order valence-electron chi connectivity index (χ2n) is 9.01. The molecular formula is C31H26BrNO. The Balaban J connectivity index is 1.58. The topological polar surface area (TPSA) is 12.5 Å². The molecular weight excluding hydrogens is 482 g/mol. The summed E-state index contributed by atoms with van der Waals surface area (Å²) in [5.41, 5.74) is 11.0. The number of anilines is 1. The summed E-state index contributed by atoms with van der Waals surface area (Å²) >= 11 is 3.76. The van der Waals surface area contributed by atoms with Crippen molar-refractivity contribution in [2.75, 3.05) is 12.0 Å². The smallest absolute Gasteiger partial charge is 0.118 e. The number of nitrogens with zero attached hydrogens (tertiary/aromatic N) is 1. The molecule has 0 unspecified atom stereocenters. The summed E-state index contributed by atoms with van der Waals surface area (Å²) in [6.07, 6.45) is 2.15. The summed E-state index contributed by atoms with van der Waals surface area (Å²) in [4.78, 5) is 2.54. The van der Waals surface area contributed by atoms with Gasteiger partial charge in [0.1, 0.15) is 5.75 Å². The van der Waals surface area contributed by atoms with Gasteiger partial charge in [-0.25, -0.2) is 0 Å². The molecule has 0 saturated carbocycles. The van der Waals surface area contributed by atoms with Gasteiger partial charge in [0, 0.05) is 33.9 Å². The predicted molar refractivity (Wildman–Crippen MR) is 143 cm³/mol. The van der Waals surface area contributed by atoms with E-state index in [9.17, 15) is 0 Å². The van der Waals surface area contributed by atoms with Gasteiger partial charge in [-0.15, -0.1) is 0 Å². The van der Waals surface area contributed by atoms with Gasteiger partial charge in [0.2, 0.25) is 0 Å². The van der Waals surface area contributed by atoms with Gasteiger partial charge < -0.3 is 9.64 Å². The predicted octanol–water partition coefficient (Wildman–Crippen LogP) is 7.97. The zero-order valence-corrected chi connectivity index (χ0v) is 20.8. The monoisotopic (exact) mass is 507 g/mol. The maximum Gasteiger partial charge on any atom is 0.118 e. The van der Waals surface area contributed by atoms with Crippen LogP contribution in [0.3, 0.4) is 0 Å². The molecule has 1 aliphatic carbocycles. The average Bonchev–Trinajstić information content (AvgIpc) is 2.89. The van der Waals surface area contributed by atoms with E-state index in [0.717, 1.165) is 29.6 Å². The third-order valence-electron chi connectivity index (χ3n) is 7.09. The lowest BCUT2D eigenvalue weighted by Crippen LogP contribution is -2.32. The van der Waals surface area contributed by atoms with Crippen LogP contribution in [0.4, 0.5) is 5.69 Å². The number of benzene rings is 4. The number of halogens is 1. The highest BCUT2D eigenvalue weighted by Gasteiger charge is 2.36. The molecule has 1 heterocycles. The number of methoxy groups -OCH3 is 1. The van der Waals surface area contributed by atoms with Crippen molar-refractivity contribution >= 4 is 27.3 Å². The molecule has 34 heavy (non-hydrogen) atoms. The maximum absolute atomic E-state index is 5.40. The highest BCUT2D eigenvalue weighted by atomic mass is 79.9. The second kappa shape index (κ2) is 8.81. The quantitative estimate of drug-likeness (QED) is 0.277. The lowest BCUT2D eigenvalue weighted by Gasteiger charge is -2.43. The third kappa shape index (κ3) is 3.65. The summed E-state index contributed by atoms with van der Waals surface area (Å²) in [7, 11) is 1.72. The number of hydrogen-bond acceptors (Lipinski definition) is 2. The zero-order valence-electron chi connectivity index (χ0n) is 19.2. The number of aryl methyl sites for hydroxylation is 1. The number of ether oxygens (including phenoxy) is 1. The van der Waals surface area contributed by atoms with Crippen LogP contribution in [0.2, 0.25) is 0 Å². The number of fused-ring (bicyclic) bond motifs is 3. The van der Waals surface area contributed by atoms with Gasteiger partial charge in [0.15, 0.2) is 0 Å². The van der Waals surface area contributed by atoms with Crippen molar-refractivity contribution in [1.29, 1.82) is 0 Å². The van der Waals surface area contributed by atoms with Crippen LogP contribution in [0.1, 0.15) is 40.2 Å². The molecule has 0 saturated heterocycles. The minimum Gasteiger partial charge on any atom is -0.497 e. The van der Waals surface area contributed by atoms with Gasteiger partial charge in [-0.05, 0) is 64.9 Å². The fourth-order valence-electron chi connectivity index (χ4n) is 5.54. The molecule has 0 spiro atoms. The van der Waals surface area contributed by atoms with E-state index in [1.165, 1.54) is 44.8 Å². The molecule has 0 radical (unpaired) electrons. The number of allylic oxidation sites excluding steroid dienone is 1. The Labute approximate surface area is 209 Å². The standard InChI is InChI=1S/C31H26BrNO/c1-34-25-15-11-21(12-16-25)20-33-29-19-24(32)14-18-27(29)30(23-8-3-2-4-9-23)28-17-13-22-7-5-6-10-26(22)31(28)33/h2-12,14-16,18-19,30H,13,17,20H2,1H3/t30-/m1/s1. The van der Waals surface area contributed by atoms with Gasteiger partial charge >= 0.3 is 0 Å². The van der Waals surface area contributed by atoms with Gasteiger partial charge in [0.25, 0.3) is 0 Å². The fourth-order valence-corrected chi connectivity index (χ4v) is 5.89. The first-order valence-corrected chi connectivity index (χ1v) is 12.6. The normalized spacial score (nSPS) is 16.5. The van der Waals surface area contributed by atoms with Gasteiger partial charge in [-0.1, -0.05) is 88.7 Å². The molecule has 1 aliphatic heterocycles. The van der Waals surface area contributed by atoms with Crippen LogP contribution >= 0.6 is 15.9 Å². The summed E-state index contributed by atoms with van der Waals surface area (Å²) in [5, 5.41) is 0. The summed E-state index contributed by atoms with van der Waals surface area (Å²) in [5.74, 6) is 1.15. The van der Waals surface area contributed by atoms with Crippen molar-refractivity contribution in [2.45, 2.75) is 25.3 Å². The summed E-state index contributed by atoms with van der Waals surface area (Å²) < 4.78 is 6.50. The summed E-state index contributed by atoms with van der Waals surface area (Å²) in [6.45, 7) is 0.808. The molecule has 4 aromatic rings. The first-order chi connectivity index (χ1) is 16.7. The van der Waals surface area contributed by atoms with Crippen molar-refractivity contribution in [3.63, 3.8) is 0 Å². The van der Waals surface area contributed by atoms with Crippen LogP contribution in [0.15, 0.2) is 107 Å². The molecule has 4 aromatic carbocycles. The average molecular weight is 508 g/mol. The highest BCUT2D eigenvalue weighted by Crippen LogP contribution is 2.52. The first-order valence-electron chi connectivity index (χ1n) is 11.8. The Hall–Kier alpha value is -3.30. The Morgan fingerprint density at radius 3 is 2.41 bits per heavy atom. The van der Waals surface area contributed by atoms with Crippen molar-refractivity contribution in [3.05, 3.63) is 135 Å². The third-order valence-corrected chi connectivity index (χ3v) is 7.58. The van der Waals surface area contributed by atoms with Crippen molar-refractivity contribution in [3.8, 4) is 5.75 Å². The molecule has 0 N–H and O–H groups in total. The highest BCUT2D eigenvalue weighted by molar-refractivity contribution is 9.10. The molecule has 1 atom stereocenters. The fraction of sp³-hybridized carbons (Fsp3) is 0.161. The zero-order chi connectivity index (χ0) is 23.1. The van der Waals surface area contributed by atoms with Gasteiger partial charge in [0.05, 0.1) is 7.11 Å². The van der Waals surface area contributed by atoms with E-state index >= 15 is 0 Å². The molecule has 0 aromatic heterocycles. The number of rotatable bonds is 4. The SMILES string of the molecule is COc1ccc(CN2C3=C(CCc4ccccc43)[C@H](c3ccccc3)c3ccc(Br)cc32)cc1. The van der Waals surface area contributed by atoms with E-state index in [-0.39, 0.29) is 5.92 Å². The van der Waals surface area contributed by atoms with Crippen LogP contribution in [-0.4, -0.2) is 7.11 Å². The molecule has 2 nitrogen and oxygen atoms in total. The van der Waals surface area contributed by atoms with Gasteiger partial charge in [-0.2, -0.15) is 0 Å². The molecule has 0 bridgehead atoms. The molecule has 6 rings (SSSR count). The van der Waals surface area contributed by atoms with Crippen molar-refractivity contribution in [1.82, 2.24) is 0 Å². The Morgan fingerprint density at radius 1 is 0.853 bits per heavy atom. The van der Waals surface area contributed by atoms with Crippen LogP contribution < -0.4 is 9.64 Å². The minimum atomic E-state index is 0.264. The van der Waals surface area contributed by atoms with Crippen LogP contribution in [0.5, 0.6) is 5.75 Å². The van der Waals surface area contributed by atoms with Crippen LogP contribution in [0.25, 0.3) is 5.70 Å². The van der Waals surface area contributed by atoms with Crippen molar-refractivity contribution < 1.29 is 4.74 Å². The Kier molecular flexibility index (Phi) is 5.50. The summed E-state index contributed by atoms with van der Waals surface area (Å²) in [6, 6.07) is 35.2. The maximum atomic E-state index is 5.40. The van der Waals surface area contributed by atoms with E-state index in [2.05, 4.69) is 118 Å². The van der Waals surface area contributed by atoms with E-state index < -0.39 is 0 Å². The molecule has 3 heteroatoms. The van der Waals surface area contributed by atoms with Crippen LogP contribution in [-0.2, 0) is 13.0 Å². The lowest BCUT2D eigenvalue weighted by atomic mass is 9.73. The van der Waals surface area contributed by atoms with E-state index in [4.69, 9.17) is 4.74 Å². The van der Waals surface area contributed by atoms with E-state index in [1.807, 2.05) is 0 Å². The Bertz CT molecular complexity index is 1370. The van der Waals surface area contributed by atoms with E-state index in [1.54, 1.807) is 7.11 Å². The molecule has 168 valence electrons. The Morgan fingerprint density at radius 2 is 1.62 bits per heavy atom. The molecule has 2 aliphatic rings. The second-order valence-corrected chi connectivity index (χ2v) is 9.93. The molecule has 0 fully saturated rings.